The molecule has 2 atom stereocenters. The summed E-state index contributed by atoms with van der Waals surface area (Å²) in [4.78, 5) is 11.3. The average Bonchev–Trinajstić information content (AvgIpc) is 2.52. The molecular weight excluding hydrogens is 150 g/mol. The minimum atomic E-state index is 0.0318. The lowest BCUT2D eigenvalue weighted by Crippen LogP contribution is -2.07. The Morgan fingerprint density at radius 3 is 2.92 bits per heavy atom. The van der Waals surface area contributed by atoms with Gasteiger partial charge in [-0.3, -0.25) is 4.79 Å². The SMILES string of the molecule is CC1(C)C2CC(=O)C(C#N)=C[C@H]21. The van der Waals surface area contributed by atoms with Crippen LogP contribution in [0.25, 0.3) is 0 Å². The Balaban J connectivity index is 2.32. The van der Waals surface area contributed by atoms with Gasteiger partial charge in [0, 0.05) is 6.42 Å². The summed E-state index contributed by atoms with van der Waals surface area (Å²) in [6.45, 7) is 4.32. The number of rotatable bonds is 0. The highest BCUT2D eigenvalue weighted by atomic mass is 16.1. The molecule has 2 aliphatic rings. The van der Waals surface area contributed by atoms with Gasteiger partial charge in [0.2, 0.25) is 0 Å². The van der Waals surface area contributed by atoms with E-state index in [0.29, 0.717) is 23.8 Å². The van der Waals surface area contributed by atoms with Crippen molar-refractivity contribution in [3.63, 3.8) is 0 Å². The number of hydrogen-bond acceptors (Lipinski definition) is 2. The number of hydrogen-bond donors (Lipinski definition) is 0. The van der Waals surface area contributed by atoms with Gasteiger partial charge in [-0.05, 0) is 17.3 Å². The molecule has 1 saturated carbocycles. The number of allylic oxidation sites excluding steroid dienone is 2. The molecule has 1 unspecified atom stereocenters. The van der Waals surface area contributed by atoms with Crippen LogP contribution in [0, 0.1) is 28.6 Å². The van der Waals surface area contributed by atoms with Gasteiger partial charge in [-0.2, -0.15) is 5.26 Å². The van der Waals surface area contributed by atoms with Gasteiger partial charge in [0.25, 0.3) is 0 Å². The topological polar surface area (TPSA) is 40.9 Å². The zero-order valence-electron chi connectivity index (χ0n) is 7.29. The Morgan fingerprint density at radius 2 is 2.33 bits per heavy atom. The standard InChI is InChI=1S/C10H11NO/c1-10(2)7-3-6(5-11)9(12)4-8(7)10/h3,7-8H,4H2,1-2H3/t7-,8?/m1/s1. The van der Waals surface area contributed by atoms with Gasteiger partial charge in [-0.15, -0.1) is 0 Å². The van der Waals surface area contributed by atoms with Crippen LogP contribution >= 0.6 is 0 Å². The van der Waals surface area contributed by atoms with E-state index >= 15 is 0 Å². The van der Waals surface area contributed by atoms with Crippen LogP contribution in [0.2, 0.25) is 0 Å². The number of Topliss-reactive ketones (excluding diaryl/α,β-unsaturated/α-hetero) is 1. The van der Waals surface area contributed by atoms with Crippen molar-refractivity contribution in [1.29, 1.82) is 5.26 Å². The van der Waals surface area contributed by atoms with Gasteiger partial charge in [-0.25, -0.2) is 0 Å². The molecule has 12 heavy (non-hydrogen) atoms. The highest BCUT2D eigenvalue weighted by Crippen LogP contribution is 2.62. The Kier molecular flexibility index (Phi) is 1.24. The van der Waals surface area contributed by atoms with Crippen molar-refractivity contribution in [2.75, 3.05) is 0 Å². The van der Waals surface area contributed by atoms with E-state index in [-0.39, 0.29) is 11.2 Å². The van der Waals surface area contributed by atoms with E-state index in [1.54, 1.807) is 0 Å². The van der Waals surface area contributed by atoms with Gasteiger partial charge in [0.1, 0.15) is 6.07 Å². The second-order valence-corrected chi connectivity index (χ2v) is 4.27. The molecule has 2 rings (SSSR count). The van der Waals surface area contributed by atoms with Crippen molar-refractivity contribution in [3.8, 4) is 6.07 Å². The second kappa shape index (κ2) is 1.98. The van der Waals surface area contributed by atoms with Crippen molar-refractivity contribution in [3.05, 3.63) is 11.6 Å². The van der Waals surface area contributed by atoms with Crippen LogP contribution < -0.4 is 0 Å². The highest BCUT2D eigenvalue weighted by Gasteiger charge is 2.58. The molecule has 0 aromatic rings. The maximum atomic E-state index is 11.3. The minimum Gasteiger partial charge on any atom is -0.293 e. The molecule has 1 fully saturated rings. The van der Waals surface area contributed by atoms with E-state index in [9.17, 15) is 4.79 Å². The predicted molar refractivity (Wildman–Crippen MR) is 44.1 cm³/mol. The summed E-state index contributed by atoms with van der Waals surface area (Å²) < 4.78 is 0. The van der Waals surface area contributed by atoms with E-state index in [0.717, 1.165) is 0 Å². The molecule has 0 spiro atoms. The van der Waals surface area contributed by atoms with E-state index in [1.165, 1.54) is 0 Å². The molecule has 0 amide bonds. The zero-order valence-corrected chi connectivity index (χ0v) is 7.29. The van der Waals surface area contributed by atoms with Crippen LogP contribution in [0.1, 0.15) is 20.3 Å². The fraction of sp³-hybridized carbons (Fsp3) is 0.600. The minimum absolute atomic E-state index is 0.0318. The van der Waals surface area contributed by atoms with Crippen molar-refractivity contribution >= 4 is 5.78 Å². The molecule has 0 aromatic carbocycles. The molecule has 0 aliphatic heterocycles. The molecule has 0 saturated heterocycles. The summed E-state index contributed by atoms with van der Waals surface area (Å²) in [6.07, 6.45) is 2.44. The van der Waals surface area contributed by atoms with Crippen LogP contribution in [0.15, 0.2) is 11.6 Å². The lowest BCUT2D eigenvalue weighted by Gasteiger charge is -2.02. The molecule has 62 valence electrons. The third-order valence-electron chi connectivity index (χ3n) is 3.31. The number of carbonyl (C=O) groups excluding carboxylic acids is 1. The molecule has 2 aliphatic carbocycles. The van der Waals surface area contributed by atoms with E-state index in [1.807, 2.05) is 12.1 Å². The van der Waals surface area contributed by atoms with E-state index < -0.39 is 0 Å². The Bertz CT molecular complexity index is 319. The normalized spacial score (nSPS) is 36.4. The summed E-state index contributed by atoms with van der Waals surface area (Å²) in [5.74, 6) is 1.01. The first-order valence-corrected chi connectivity index (χ1v) is 4.22. The Hall–Kier alpha value is -1.10. The average molecular weight is 161 g/mol. The first kappa shape index (κ1) is 7.54. The van der Waals surface area contributed by atoms with Crippen LogP contribution in [-0.2, 0) is 4.79 Å². The molecule has 2 nitrogen and oxygen atoms in total. The smallest absolute Gasteiger partial charge is 0.173 e. The van der Waals surface area contributed by atoms with Gasteiger partial charge in [0.05, 0.1) is 5.57 Å². The molecule has 0 heterocycles. The van der Waals surface area contributed by atoms with Crippen molar-refractivity contribution in [2.24, 2.45) is 17.3 Å². The fourth-order valence-corrected chi connectivity index (χ4v) is 2.19. The summed E-state index contributed by atoms with van der Waals surface area (Å²) in [6, 6.07) is 1.96. The summed E-state index contributed by atoms with van der Waals surface area (Å²) in [7, 11) is 0. The van der Waals surface area contributed by atoms with Crippen LogP contribution in [0.5, 0.6) is 0 Å². The summed E-state index contributed by atoms with van der Waals surface area (Å²) >= 11 is 0. The van der Waals surface area contributed by atoms with Gasteiger partial charge < -0.3 is 0 Å². The molecular formula is C10H11NO. The fourth-order valence-electron chi connectivity index (χ4n) is 2.19. The molecule has 2 heteroatoms. The summed E-state index contributed by atoms with van der Waals surface area (Å²) in [5.41, 5.74) is 0.635. The Labute approximate surface area is 71.9 Å². The lowest BCUT2D eigenvalue weighted by atomic mass is 9.99. The van der Waals surface area contributed by atoms with Crippen LogP contribution in [0.4, 0.5) is 0 Å². The highest BCUT2D eigenvalue weighted by molar-refractivity contribution is 6.00. The van der Waals surface area contributed by atoms with Crippen LogP contribution in [0.3, 0.4) is 0 Å². The third kappa shape index (κ3) is 0.768. The maximum absolute atomic E-state index is 11.3. The van der Waals surface area contributed by atoms with Gasteiger partial charge in [0.15, 0.2) is 5.78 Å². The van der Waals surface area contributed by atoms with Crippen molar-refractivity contribution < 1.29 is 4.79 Å². The molecule has 0 bridgehead atoms. The largest absolute Gasteiger partial charge is 0.293 e. The lowest BCUT2D eigenvalue weighted by molar-refractivity contribution is -0.115. The van der Waals surface area contributed by atoms with E-state index in [4.69, 9.17) is 5.26 Å². The van der Waals surface area contributed by atoms with Crippen LogP contribution in [-0.4, -0.2) is 5.78 Å². The monoisotopic (exact) mass is 161 g/mol. The zero-order chi connectivity index (χ0) is 8.93. The van der Waals surface area contributed by atoms with E-state index in [2.05, 4.69) is 13.8 Å². The summed E-state index contributed by atoms with van der Waals surface area (Å²) in [5, 5.41) is 8.63. The van der Waals surface area contributed by atoms with Crippen molar-refractivity contribution in [1.82, 2.24) is 0 Å². The number of nitriles is 1. The van der Waals surface area contributed by atoms with Gasteiger partial charge >= 0.3 is 0 Å². The number of carbonyl (C=O) groups is 1. The maximum Gasteiger partial charge on any atom is 0.173 e. The number of fused-ring (bicyclic) bond motifs is 1. The quantitative estimate of drug-likeness (QED) is 0.542. The third-order valence-corrected chi connectivity index (χ3v) is 3.31. The number of nitrogens with zero attached hydrogens (tertiary/aromatic N) is 1. The number of ketones is 1. The Morgan fingerprint density at radius 1 is 1.67 bits per heavy atom. The first-order valence-electron chi connectivity index (χ1n) is 4.22. The molecule has 0 aromatic heterocycles. The molecule has 0 radical (unpaired) electrons. The first-order chi connectivity index (χ1) is 5.57. The second-order valence-electron chi connectivity index (χ2n) is 4.27. The molecule has 0 N–H and O–H groups in total. The van der Waals surface area contributed by atoms with Crippen molar-refractivity contribution in [2.45, 2.75) is 20.3 Å². The predicted octanol–water partition coefficient (Wildman–Crippen LogP) is 1.68. The van der Waals surface area contributed by atoms with Gasteiger partial charge in [-0.1, -0.05) is 19.9 Å².